The fraction of sp³-hybridized carbons (Fsp3) is 0.565. The third-order valence-corrected chi connectivity index (χ3v) is 6.66. The molecule has 2 aliphatic rings. The van der Waals surface area contributed by atoms with Gasteiger partial charge in [-0.2, -0.15) is 5.10 Å². The molecule has 0 unspecified atom stereocenters. The first-order chi connectivity index (χ1) is 14.7. The Bertz CT molecular complexity index is 1100. The van der Waals surface area contributed by atoms with Gasteiger partial charge in [0.1, 0.15) is 5.82 Å². The lowest BCUT2D eigenvalue weighted by Gasteiger charge is -2.38. The van der Waals surface area contributed by atoms with Crippen molar-refractivity contribution < 1.29 is 4.79 Å². The smallest absolute Gasteiger partial charge is 0.332 e. The molecule has 2 aliphatic heterocycles. The fourth-order valence-corrected chi connectivity index (χ4v) is 4.91. The lowest BCUT2D eigenvalue weighted by Crippen LogP contribution is -2.48. The number of hydrogen-bond donors (Lipinski definition) is 0. The number of benzene rings is 1. The van der Waals surface area contributed by atoms with E-state index in [4.69, 9.17) is 0 Å². The zero-order chi connectivity index (χ0) is 22.3. The Morgan fingerprint density at radius 3 is 2.23 bits per heavy atom. The van der Waals surface area contributed by atoms with Gasteiger partial charge in [0, 0.05) is 37.2 Å². The van der Waals surface area contributed by atoms with Gasteiger partial charge in [-0.3, -0.25) is 19.0 Å². The number of carbonyl (C=O) groups excluding carboxylic acids is 1. The molecule has 166 valence electrons. The van der Waals surface area contributed by atoms with Crippen molar-refractivity contribution >= 4 is 5.91 Å². The van der Waals surface area contributed by atoms with Crippen molar-refractivity contribution in [1.82, 2.24) is 24.1 Å². The van der Waals surface area contributed by atoms with Crippen LogP contribution >= 0.6 is 0 Å². The second-order valence-corrected chi connectivity index (χ2v) is 9.31. The molecule has 0 bridgehead atoms. The fourth-order valence-electron chi connectivity index (χ4n) is 4.91. The van der Waals surface area contributed by atoms with Crippen LogP contribution in [0.5, 0.6) is 0 Å². The van der Waals surface area contributed by atoms with E-state index in [2.05, 4.69) is 11.2 Å². The van der Waals surface area contributed by atoms with Crippen molar-refractivity contribution in [3.8, 4) is 0 Å². The maximum absolute atomic E-state index is 13.1. The van der Waals surface area contributed by atoms with E-state index in [9.17, 15) is 14.4 Å². The molecule has 0 saturated carbocycles. The summed E-state index contributed by atoms with van der Waals surface area (Å²) >= 11 is 0. The molecule has 3 heterocycles. The number of amides is 1. The van der Waals surface area contributed by atoms with E-state index in [0.717, 1.165) is 36.0 Å². The molecule has 1 fully saturated rings. The van der Waals surface area contributed by atoms with Gasteiger partial charge >= 0.3 is 11.1 Å². The van der Waals surface area contributed by atoms with E-state index in [1.165, 1.54) is 4.68 Å². The summed E-state index contributed by atoms with van der Waals surface area (Å²) in [6.07, 6.45) is 2.29. The van der Waals surface area contributed by atoms with Crippen LogP contribution in [0.15, 0.2) is 27.8 Å². The van der Waals surface area contributed by atoms with Crippen molar-refractivity contribution in [2.75, 3.05) is 33.7 Å². The summed E-state index contributed by atoms with van der Waals surface area (Å²) in [5.41, 5.74) is 1.62. The maximum atomic E-state index is 13.1. The minimum Gasteiger partial charge on any atom is -0.339 e. The molecule has 1 saturated heterocycles. The van der Waals surface area contributed by atoms with Crippen LogP contribution in [-0.4, -0.2) is 63.8 Å². The number of piperidine rings is 1. The molecule has 0 radical (unpaired) electrons. The maximum Gasteiger partial charge on any atom is 0.332 e. The van der Waals surface area contributed by atoms with Crippen molar-refractivity contribution in [2.24, 2.45) is 0 Å². The van der Waals surface area contributed by atoms with Crippen LogP contribution in [0.2, 0.25) is 0 Å². The van der Waals surface area contributed by atoms with Gasteiger partial charge in [-0.05, 0) is 59.3 Å². The minimum absolute atomic E-state index is 0.0564. The lowest BCUT2D eigenvalue weighted by molar-refractivity contribution is 0.0661. The summed E-state index contributed by atoms with van der Waals surface area (Å²) in [6, 6.07) is 5.95. The van der Waals surface area contributed by atoms with Gasteiger partial charge in [0.25, 0.3) is 5.91 Å². The average Bonchev–Trinajstić information content (AvgIpc) is 3.06. The van der Waals surface area contributed by atoms with E-state index in [1.54, 1.807) is 4.57 Å². The number of aromatic nitrogens is 3. The van der Waals surface area contributed by atoms with Gasteiger partial charge in [0.2, 0.25) is 0 Å². The van der Waals surface area contributed by atoms with Crippen LogP contribution in [0, 0.1) is 13.8 Å². The van der Waals surface area contributed by atoms with Gasteiger partial charge in [-0.25, -0.2) is 4.68 Å². The quantitative estimate of drug-likeness (QED) is 0.687. The summed E-state index contributed by atoms with van der Waals surface area (Å²) in [4.78, 5) is 42.1. The highest BCUT2D eigenvalue weighted by molar-refractivity contribution is 5.94. The van der Waals surface area contributed by atoms with Gasteiger partial charge < -0.3 is 9.80 Å². The summed E-state index contributed by atoms with van der Waals surface area (Å²) in [5, 5.41) is 4.65. The first-order valence-electron chi connectivity index (χ1n) is 10.9. The van der Waals surface area contributed by atoms with E-state index in [1.807, 2.05) is 49.9 Å². The topological polar surface area (TPSA) is 80.4 Å². The number of nitrogens with zero attached hydrogens (tertiary/aromatic N) is 5. The zero-order valence-corrected chi connectivity index (χ0v) is 18.8. The number of rotatable bonds is 4. The Hall–Kier alpha value is -2.74. The molecule has 0 aliphatic carbocycles. The highest BCUT2D eigenvalue weighted by atomic mass is 16.2. The summed E-state index contributed by atoms with van der Waals surface area (Å²) in [6.45, 7) is 6.81. The number of hydrogen-bond acceptors (Lipinski definition) is 5. The third kappa shape index (κ3) is 3.96. The van der Waals surface area contributed by atoms with Gasteiger partial charge in [-0.15, -0.1) is 0 Å². The Morgan fingerprint density at radius 1 is 1.00 bits per heavy atom. The van der Waals surface area contributed by atoms with Crippen LogP contribution in [-0.2, 0) is 18.5 Å². The van der Waals surface area contributed by atoms with Crippen LogP contribution in [0.4, 0.5) is 0 Å². The summed E-state index contributed by atoms with van der Waals surface area (Å²) in [7, 11) is 3.85. The van der Waals surface area contributed by atoms with Crippen molar-refractivity contribution in [1.29, 1.82) is 0 Å². The highest BCUT2D eigenvalue weighted by Gasteiger charge is 2.45. The molecule has 1 aromatic heterocycles. The van der Waals surface area contributed by atoms with Crippen molar-refractivity contribution in [3.05, 3.63) is 61.4 Å². The predicted octanol–water partition coefficient (Wildman–Crippen LogP) is 1.16. The Morgan fingerprint density at radius 2 is 1.61 bits per heavy atom. The average molecular weight is 426 g/mol. The van der Waals surface area contributed by atoms with Crippen LogP contribution in [0.25, 0.3) is 0 Å². The Labute approximate surface area is 182 Å². The largest absolute Gasteiger partial charge is 0.339 e. The lowest BCUT2D eigenvalue weighted by atomic mass is 9.76. The zero-order valence-electron chi connectivity index (χ0n) is 18.8. The normalized spacial score (nSPS) is 17.4. The molecule has 8 heteroatoms. The van der Waals surface area contributed by atoms with Crippen LogP contribution < -0.4 is 11.1 Å². The van der Waals surface area contributed by atoms with E-state index in [0.29, 0.717) is 38.5 Å². The molecule has 0 atom stereocenters. The summed E-state index contributed by atoms with van der Waals surface area (Å²) < 4.78 is 2.89. The number of carbonyl (C=O) groups is 1. The number of likely N-dealkylation sites (tertiary alicyclic amines) is 1. The van der Waals surface area contributed by atoms with Gasteiger partial charge in [0.15, 0.2) is 0 Å². The predicted molar refractivity (Wildman–Crippen MR) is 119 cm³/mol. The van der Waals surface area contributed by atoms with Crippen molar-refractivity contribution in [3.63, 3.8) is 0 Å². The molecule has 2 aromatic rings. The minimum atomic E-state index is -0.551. The molecule has 0 N–H and O–H groups in total. The Kier molecular flexibility index (Phi) is 5.60. The van der Waals surface area contributed by atoms with E-state index in [-0.39, 0.29) is 11.3 Å². The number of aryl methyl sites for hydroxylation is 2. The molecule has 4 rings (SSSR count). The third-order valence-electron chi connectivity index (χ3n) is 6.66. The summed E-state index contributed by atoms with van der Waals surface area (Å²) in [5.74, 6) is 0.773. The van der Waals surface area contributed by atoms with Gasteiger partial charge in [0.05, 0.1) is 6.54 Å². The SMILES string of the molecule is Cc1cc(C)cc(C(=O)N2CCC3(CC2)CCn2c3nn(CCN(C)C)c(=O)c2=O)c1. The molecular formula is C23H31N5O3. The number of fused-ring (bicyclic) bond motifs is 2. The molecule has 1 amide bonds. The molecule has 1 aromatic carbocycles. The Balaban J connectivity index is 1.57. The second-order valence-electron chi connectivity index (χ2n) is 9.31. The highest BCUT2D eigenvalue weighted by Crippen LogP contribution is 2.41. The first kappa shape index (κ1) is 21.5. The molecule has 8 nitrogen and oxygen atoms in total. The number of likely N-dealkylation sites (N-methyl/N-ethyl adjacent to an activating group) is 1. The second kappa shape index (κ2) is 8.07. The molecular weight excluding hydrogens is 394 g/mol. The van der Waals surface area contributed by atoms with E-state index >= 15 is 0 Å². The van der Waals surface area contributed by atoms with Crippen LogP contribution in [0.1, 0.15) is 46.6 Å². The van der Waals surface area contributed by atoms with Crippen LogP contribution in [0.3, 0.4) is 0 Å². The first-order valence-corrected chi connectivity index (χ1v) is 10.9. The monoisotopic (exact) mass is 425 g/mol. The molecule has 1 spiro atoms. The van der Waals surface area contributed by atoms with Crippen molar-refractivity contribution in [2.45, 2.75) is 51.6 Å². The van der Waals surface area contributed by atoms with Gasteiger partial charge in [-0.1, -0.05) is 17.2 Å². The molecule has 31 heavy (non-hydrogen) atoms. The standard InChI is InChI=1S/C23H31N5O3/c1-16-13-17(2)15-18(14-16)19(29)26-8-5-23(6-9-26)7-10-27-20(30)21(31)28(24-22(23)27)12-11-25(3)4/h13-15H,5-12H2,1-4H3. The van der Waals surface area contributed by atoms with E-state index < -0.39 is 11.1 Å².